The molecule has 0 aliphatic heterocycles. The number of nitrogens with zero attached hydrogens (tertiary/aromatic N) is 1. The average molecular weight is 332 g/mol. The van der Waals surface area contributed by atoms with Crippen molar-refractivity contribution in [2.45, 2.75) is 58.9 Å². The van der Waals surface area contributed by atoms with Crippen LogP contribution in [0.25, 0.3) is 0 Å². The van der Waals surface area contributed by atoms with Crippen molar-refractivity contribution < 1.29 is 14.5 Å². The fraction of sp³-hybridized carbons (Fsp3) is 0.474. The summed E-state index contributed by atoms with van der Waals surface area (Å²) >= 11 is 1.56. The van der Waals surface area contributed by atoms with Gasteiger partial charge in [0.05, 0.1) is 5.38 Å². The number of phenols is 1. The molecule has 1 N–H and O–H groups in total. The van der Waals surface area contributed by atoms with Crippen LogP contribution in [0.3, 0.4) is 0 Å². The number of aromatic nitrogens is 1. The molecule has 0 bridgehead atoms. The molecule has 0 saturated heterocycles. The van der Waals surface area contributed by atoms with Crippen molar-refractivity contribution in [3.05, 3.63) is 45.9 Å². The van der Waals surface area contributed by atoms with E-state index in [-0.39, 0.29) is 16.6 Å². The maximum Gasteiger partial charge on any atom is 0.227 e. The summed E-state index contributed by atoms with van der Waals surface area (Å²) in [6, 6.07) is 3.69. The van der Waals surface area contributed by atoms with E-state index in [2.05, 4.69) is 41.5 Å². The smallest absolute Gasteiger partial charge is 0.227 e. The zero-order valence-electron chi connectivity index (χ0n) is 14.8. The van der Waals surface area contributed by atoms with Crippen molar-refractivity contribution in [1.82, 2.24) is 0 Å². The molecule has 2 rings (SSSR count). The van der Waals surface area contributed by atoms with Gasteiger partial charge >= 0.3 is 0 Å². The van der Waals surface area contributed by atoms with E-state index in [1.165, 1.54) is 0 Å². The lowest BCUT2D eigenvalue weighted by Gasteiger charge is -2.27. The van der Waals surface area contributed by atoms with Gasteiger partial charge in [-0.3, -0.25) is 4.79 Å². The van der Waals surface area contributed by atoms with Gasteiger partial charge in [0, 0.05) is 16.7 Å². The highest BCUT2D eigenvalue weighted by Gasteiger charge is 2.28. The second-order valence-electron chi connectivity index (χ2n) is 8.04. The number of aromatic hydroxyl groups is 1. The van der Waals surface area contributed by atoms with Crippen molar-refractivity contribution in [2.24, 2.45) is 0 Å². The maximum absolute atomic E-state index is 12.7. The highest BCUT2D eigenvalue weighted by molar-refractivity contribution is 7.07. The predicted molar refractivity (Wildman–Crippen MR) is 94.4 cm³/mol. The third-order valence-corrected chi connectivity index (χ3v) is 4.57. The van der Waals surface area contributed by atoms with Crippen LogP contribution in [-0.2, 0) is 17.4 Å². The largest absolute Gasteiger partial charge is 0.507 e. The van der Waals surface area contributed by atoms with Gasteiger partial charge in [0.15, 0.2) is 6.20 Å². The van der Waals surface area contributed by atoms with Gasteiger partial charge in [-0.1, -0.05) is 52.9 Å². The van der Waals surface area contributed by atoms with Crippen molar-refractivity contribution in [3.8, 4) is 5.75 Å². The van der Waals surface area contributed by atoms with Crippen molar-refractivity contribution in [2.75, 3.05) is 0 Å². The zero-order chi connectivity index (χ0) is 17.4. The topological polar surface area (TPSA) is 41.2 Å². The summed E-state index contributed by atoms with van der Waals surface area (Å²) in [5.41, 5.74) is 3.78. The molecule has 0 fully saturated rings. The summed E-state index contributed by atoms with van der Waals surface area (Å²) in [7, 11) is 0. The Kier molecular flexibility index (Phi) is 4.67. The number of hydrogen-bond donors (Lipinski definition) is 1. The number of phenolic OH excluding ortho intramolecular Hbond substituents is 1. The second kappa shape index (κ2) is 6.08. The van der Waals surface area contributed by atoms with E-state index < -0.39 is 0 Å². The van der Waals surface area contributed by atoms with Gasteiger partial charge in [0.1, 0.15) is 5.75 Å². The van der Waals surface area contributed by atoms with Crippen LogP contribution in [0.5, 0.6) is 5.75 Å². The van der Waals surface area contributed by atoms with Crippen LogP contribution in [0.1, 0.15) is 63.0 Å². The molecule has 1 heterocycles. The van der Waals surface area contributed by atoms with Crippen LogP contribution in [0.15, 0.2) is 29.2 Å². The first-order valence-corrected chi connectivity index (χ1v) is 8.77. The number of carbonyl (C=O) groups is 1. The minimum absolute atomic E-state index is 0.0596. The molecule has 0 aliphatic rings. The van der Waals surface area contributed by atoms with Gasteiger partial charge in [-0.2, -0.15) is 4.57 Å². The number of thiazole rings is 1. The molecule has 1 aromatic carbocycles. The van der Waals surface area contributed by atoms with E-state index in [1.54, 1.807) is 11.3 Å². The molecule has 0 aliphatic carbocycles. The van der Waals surface area contributed by atoms with E-state index >= 15 is 0 Å². The summed E-state index contributed by atoms with van der Waals surface area (Å²) in [6.45, 7) is 12.6. The van der Waals surface area contributed by atoms with Gasteiger partial charge in [0.25, 0.3) is 0 Å². The molecule has 1 aromatic heterocycles. The third-order valence-electron chi connectivity index (χ3n) is 3.90. The van der Waals surface area contributed by atoms with Crippen LogP contribution < -0.4 is 4.57 Å². The quantitative estimate of drug-likeness (QED) is 0.675. The average Bonchev–Trinajstić information content (AvgIpc) is 2.88. The molecule has 0 saturated carbocycles. The Morgan fingerprint density at radius 2 is 1.61 bits per heavy atom. The molecule has 0 spiro atoms. The summed E-state index contributed by atoms with van der Waals surface area (Å²) in [6.07, 6.45) is 1.90. The summed E-state index contributed by atoms with van der Waals surface area (Å²) in [4.78, 5) is 12.7. The first kappa shape index (κ1) is 17.7. The van der Waals surface area contributed by atoms with E-state index in [0.717, 1.165) is 11.1 Å². The van der Waals surface area contributed by atoms with Crippen molar-refractivity contribution >= 4 is 17.1 Å². The lowest BCUT2D eigenvalue weighted by molar-refractivity contribution is -0.678. The fourth-order valence-corrected chi connectivity index (χ4v) is 3.15. The zero-order valence-corrected chi connectivity index (χ0v) is 15.6. The lowest BCUT2D eigenvalue weighted by atomic mass is 9.78. The first-order chi connectivity index (χ1) is 10.5. The number of carbonyl (C=O) groups excluding carboxylic acids is 1. The van der Waals surface area contributed by atoms with E-state index in [9.17, 15) is 9.90 Å². The molecular weight excluding hydrogens is 306 g/mol. The van der Waals surface area contributed by atoms with Crippen LogP contribution in [-0.4, -0.2) is 10.9 Å². The van der Waals surface area contributed by atoms with Crippen LogP contribution >= 0.6 is 11.3 Å². The van der Waals surface area contributed by atoms with E-state index in [0.29, 0.717) is 17.9 Å². The van der Waals surface area contributed by atoms with E-state index in [4.69, 9.17) is 0 Å². The molecule has 0 radical (unpaired) electrons. The molecule has 2 aromatic rings. The van der Waals surface area contributed by atoms with Crippen LogP contribution in [0.2, 0.25) is 0 Å². The molecule has 0 atom stereocenters. The van der Waals surface area contributed by atoms with Gasteiger partial charge in [-0.15, -0.1) is 0 Å². The SMILES string of the molecule is CC(C)(C)c1cc(C(=O)C[n+]2ccsc2)cc(C(C)(C)C)c1O. The molecule has 4 heteroatoms. The number of benzene rings is 1. The molecule has 124 valence electrons. The predicted octanol–water partition coefficient (Wildman–Crippen LogP) is 4.22. The number of rotatable bonds is 3. The molecule has 0 unspecified atom stereocenters. The Bertz CT molecular complexity index is 669. The monoisotopic (exact) mass is 332 g/mol. The molecule has 3 nitrogen and oxygen atoms in total. The Hall–Kier alpha value is -1.68. The summed E-state index contributed by atoms with van der Waals surface area (Å²) < 4.78 is 1.88. The Morgan fingerprint density at radius 3 is 2.00 bits per heavy atom. The second-order valence-corrected chi connectivity index (χ2v) is 8.80. The van der Waals surface area contributed by atoms with Crippen LogP contribution in [0.4, 0.5) is 0 Å². The normalized spacial score (nSPS) is 12.4. The fourth-order valence-electron chi connectivity index (χ4n) is 2.55. The van der Waals surface area contributed by atoms with Gasteiger partial charge in [0.2, 0.25) is 17.8 Å². The van der Waals surface area contributed by atoms with Gasteiger partial charge < -0.3 is 5.11 Å². The Labute approximate surface area is 142 Å². The summed E-state index contributed by atoms with van der Waals surface area (Å²) in [5.74, 6) is 0.370. The third kappa shape index (κ3) is 3.99. The van der Waals surface area contributed by atoms with Crippen LogP contribution in [0, 0.1) is 0 Å². The molecular formula is C19H26NO2S+. The minimum atomic E-state index is -0.226. The minimum Gasteiger partial charge on any atom is -0.507 e. The van der Waals surface area contributed by atoms with Gasteiger partial charge in [-0.05, 0) is 23.0 Å². The maximum atomic E-state index is 12.7. The highest BCUT2D eigenvalue weighted by atomic mass is 32.1. The number of hydrogen-bond acceptors (Lipinski definition) is 3. The Balaban J connectivity index is 2.53. The van der Waals surface area contributed by atoms with Crippen molar-refractivity contribution in [3.63, 3.8) is 0 Å². The lowest BCUT2D eigenvalue weighted by Crippen LogP contribution is -2.35. The Morgan fingerprint density at radius 1 is 1.09 bits per heavy atom. The highest BCUT2D eigenvalue weighted by Crippen LogP contribution is 2.39. The standard InChI is InChI=1S/C19H25NO2S/c1-18(2,3)14-9-13(10-15(17(14)22)19(4,5)6)16(21)11-20-7-8-23-12-20/h7-10,12H,11H2,1-6H3/p+1. The molecule has 0 amide bonds. The van der Waals surface area contributed by atoms with E-state index in [1.807, 2.05) is 33.8 Å². The van der Waals surface area contributed by atoms with Gasteiger partial charge in [-0.25, -0.2) is 0 Å². The number of Topliss-reactive ketones (excluding diaryl/α,β-unsaturated/α-hetero) is 1. The number of ketones is 1. The summed E-state index contributed by atoms with van der Waals surface area (Å²) in [5, 5.41) is 12.7. The molecule has 23 heavy (non-hydrogen) atoms. The first-order valence-electron chi connectivity index (χ1n) is 7.82. The van der Waals surface area contributed by atoms with Crippen molar-refractivity contribution in [1.29, 1.82) is 0 Å².